The molecule has 1 amide bonds. The average molecular weight is 294 g/mol. The first-order valence-corrected chi connectivity index (χ1v) is 7.53. The summed E-state index contributed by atoms with van der Waals surface area (Å²) >= 11 is 0. The van der Waals surface area contributed by atoms with Gasteiger partial charge in [-0.05, 0) is 19.3 Å². The van der Waals surface area contributed by atoms with Crippen molar-refractivity contribution in [2.24, 2.45) is 5.92 Å². The van der Waals surface area contributed by atoms with Gasteiger partial charge in [-0.2, -0.15) is 0 Å². The Morgan fingerprint density at radius 2 is 2.10 bits per heavy atom. The van der Waals surface area contributed by atoms with Gasteiger partial charge in [-0.3, -0.25) is 9.78 Å². The van der Waals surface area contributed by atoms with Crippen molar-refractivity contribution in [3.63, 3.8) is 0 Å². The summed E-state index contributed by atoms with van der Waals surface area (Å²) in [7, 11) is 0. The maximum atomic E-state index is 12.3. The minimum absolute atomic E-state index is 0.0356. The van der Waals surface area contributed by atoms with E-state index in [-0.39, 0.29) is 17.9 Å². The maximum absolute atomic E-state index is 12.3. The van der Waals surface area contributed by atoms with E-state index in [9.17, 15) is 4.79 Å². The minimum Gasteiger partial charge on any atom is -0.380 e. The van der Waals surface area contributed by atoms with Crippen LogP contribution in [0.5, 0.6) is 0 Å². The molecule has 0 saturated heterocycles. The Bertz CT molecular complexity index is 437. The molecule has 0 aliphatic carbocycles. The second-order valence-electron chi connectivity index (χ2n) is 5.20. The zero-order chi connectivity index (χ0) is 15.7. The molecule has 0 saturated carbocycles. The quantitative estimate of drug-likeness (QED) is 0.729. The molecule has 0 bridgehead atoms. The van der Waals surface area contributed by atoms with E-state index in [1.165, 1.54) is 6.20 Å². The summed E-state index contributed by atoms with van der Waals surface area (Å²) in [4.78, 5) is 20.6. The Balaban J connectivity index is 2.68. The number of anilines is 1. The molecule has 6 heteroatoms. The van der Waals surface area contributed by atoms with E-state index in [0.717, 1.165) is 13.0 Å². The van der Waals surface area contributed by atoms with Crippen LogP contribution in [0.25, 0.3) is 0 Å². The highest BCUT2D eigenvalue weighted by Crippen LogP contribution is 2.06. The van der Waals surface area contributed by atoms with Crippen LogP contribution in [0.4, 0.5) is 5.82 Å². The topological polar surface area (TPSA) is 76.1 Å². The second kappa shape index (κ2) is 9.28. The molecule has 1 unspecified atom stereocenters. The zero-order valence-electron chi connectivity index (χ0n) is 13.3. The van der Waals surface area contributed by atoms with Crippen molar-refractivity contribution in [2.45, 2.75) is 40.2 Å². The maximum Gasteiger partial charge on any atom is 0.271 e. The third-order valence-corrected chi connectivity index (χ3v) is 3.05. The van der Waals surface area contributed by atoms with Crippen LogP contribution in [0.2, 0.25) is 0 Å². The Labute approximate surface area is 126 Å². The van der Waals surface area contributed by atoms with Gasteiger partial charge in [-0.25, -0.2) is 4.98 Å². The lowest BCUT2D eigenvalue weighted by molar-refractivity contribution is 0.0802. The van der Waals surface area contributed by atoms with Gasteiger partial charge in [-0.15, -0.1) is 0 Å². The molecule has 0 fully saturated rings. The Morgan fingerprint density at radius 3 is 2.71 bits per heavy atom. The minimum atomic E-state index is -0.221. The predicted octanol–water partition coefficient (Wildman–Crippen LogP) is 2.09. The molecule has 2 N–H and O–H groups in total. The smallest absolute Gasteiger partial charge is 0.271 e. The van der Waals surface area contributed by atoms with Crippen LogP contribution in [-0.2, 0) is 4.74 Å². The molecule has 1 atom stereocenters. The zero-order valence-corrected chi connectivity index (χ0v) is 13.3. The lowest BCUT2D eigenvalue weighted by Gasteiger charge is -2.21. The van der Waals surface area contributed by atoms with Gasteiger partial charge in [0, 0.05) is 13.2 Å². The van der Waals surface area contributed by atoms with Crippen molar-refractivity contribution in [1.29, 1.82) is 0 Å². The van der Waals surface area contributed by atoms with Crippen molar-refractivity contribution in [2.75, 3.05) is 25.1 Å². The lowest BCUT2D eigenvalue weighted by atomic mass is 10.1. The van der Waals surface area contributed by atoms with E-state index in [1.54, 1.807) is 6.20 Å². The molecule has 0 aliphatic rings. The van der Waals surface area contributed by atoms with Crippen LogP contribution >= 0.6 is 0 Å². The molecular formula is C15H26N4O2. The summed E-state index contributed by atoms with van der Waals surface area (Å²) < 4.78 is 5.41. The highest BCUT2D eigenvalue weighted by atomic mass is 16.5. The van der Waals surface area contributed by atoms with Gasteiger partial charge in [0.25, 0.3) is 5.91 Å². The number of carbonyl (C=O) groups excluding carboxylic acids is 1. The van der Waals surface area contributed by atoms with E-state index in [4.69, 9.17) is 4.74 Å². The molecule has 0 aliphatic heterocycles. The van der Waals surface area contributed by atoms with Crippen molar-refractivity contribution < 1.29 is 9.53 Å². The average Bonchev–Trinajstić information content (AvgIpc) is 2.49. The third kappa shape index (κ3) is 6.08. The van der Waals surface area contributed by atoms with Gasteiger partial charge >= 0.3 is 0 Å². The van der Waals surface area contributed by atoms with Crippen LogP contribution in [0.3, 0.4) is 0 Å². The van der Waals surface area contributed by atoms with Gasteiger partial charge < -0.3 is 15.4 Å². The fourth-order valence-electron chi connectivity index (χ4n) is 1.70. The van der Waals surface area contributed by atoms with Crippen molar-refractivity contribution in [1.82, 2.24) is 15.3 Å². The van der Waals surface area contributed by atoms with Crippen molar-refractivity contribution in [3.05, 3.63) is 18.1 Å². The van der Waals surface area contributed by atoms with Crippen LogP contribution < -0.4 is 10.6 Å². The number of carbonyl (C=O) groups is 1. The number of rotatable bonds is 9. The molecule has 6 nitrogen and oxygen atoms in total. The van der Waals surface area contributed by atoms with Crippen molar-refractivity contribution >= 4 is 11.7 Å². The second-order valence-corrected chi connectivity index (χ2v) is 5.20. The first kappa shape index (κ1) is 17.4. The van der Waals surface area contributed by atoms with Gasteiger partial charge in [0.05, 0.1) is 25.0 Å². The first-order chi connectivity index (χ1) is 10.1. The molecule has 1 rings (SSSR count). The summed E-state index contributed by atoms with van der Waals surface area (Å²) in [6, 6.07) is -0.0356. The fraction of sp³-hybridized carbons (Fsp3) is 0.667. The van der Waals surface area contributed by atoms with Crippen LogP contribution in [0, 0.1) is 5.92 Å². The van der Waals surface area contributed by atoms with Crippen LogP contribution in [0.1, 0.15) is 44.6 Å². The third-order valence-electron chi connectivity index (χ3n) is 3.05. The molecule has 1 aromatic heterocycles. The normalized spacial score (nSPS) is 12.2. The standard InChI is InChI=1S/C15H26N4O2/c1-5-7-17-14-9-16-8-12(18-14)15(20)19-13(11(3)4)10-21-6-2/h8-9,11,13H,5-7,10H2,1-4H3,(H,17,18)(H,19,20). The molecule has 1 aromatic rings. The summed E-state index contributed by atoms with van der Waals surface area (Å²) in [6.45, 7) is 10.0. The van der Waals surface area contributed by atoms with E-state index in [2.05, 4.69) is 41.4 Å². The molecule has 0 radical (unpaired) electrons. The van der Waals surface area contributed by atoms with Gasteiger partial charge in [0.2, 0.25) is 0 Å². The molecule has 0 spiro atoms. The van der Waals surface area contributed by atoms with Crippen molar-refractivity contribution in [3.8, 4) is 0 Å². The summed E-state index contributed by atoms with van der Waals surface area (Å²) in [6.07, 6.45) is 4.08. The Morgan fingerprint density at radius 1 is 1.33 bits per heavy atom. The van der Waals surface area contributed by atoms with Crippen LogP contribution in [-0.4, -0.2) is 41.7 Å². The highest BCUT2D eigenvalue weighted by Gasteiger charge is 2.18. The SMILES string of the molecule is CCCNc1cncc(C(=O)NC(COCC)C(C)C)n1. The molecule has 0 aromatic carbocycles. The molecule has 118 valence electrons. The number of nitrogens with one attached hydrogen (secondary N) is 2. The highest BCUT2D eigenvalue weighted by molar-refractivity contribution is 5.92. The van der Waals surface area contributed by atoms with Gasteiger partial charge in [0.1, 0.15) is 11.5 Å². The Hall–Kier alpha value is -1.69. The summed E-state index contributed by atoms with van der Waals surface area (Å²) in [5.41, 5.74) is 0.318. The number of hydrogen-bond acceptors (Lipinski definition) is 5. The summed E-state index contributed by atoms with van der Waals surface area (Å²) in [5, 5.41) is 6.08. The number of ether oxygens (including phenoxy) is 1. The van der Waals surface area contributed by atoms with Gasteiger partial charge in [0.15, 0.2) is 0 Å². The monoisotopic (exact) mass is 294 g/mol. The predicted molar refractivity (Wildman–Crippen MR) is 83.4 cm³/mol. The van der Waals surface area contributed by atoms with E-state index in [0.29, 0.717) is 24.7 Å². The molecule has 21 heavy (non-hydrogen) atoms. The number of aromatic nitrogens is 2. The fourth-order valence-corrected chi connectivity index (χ4v) is 1.70. The van der Waals surface area contributed by atoms with E-state index < -0.39 is 0 Å². The van der Waals surface area contributed by atoms with E-state index >= 15 is 0 Å². The lowest BCUT2D eigenvalue weighted by Crippen LogP contribution is -2.42. The Kier molecular flexibility index (Phi) is 7.68. The van der Waals surface area contributed by atoms with Crippen LogP contribution in [0.15, 0.2) is 12.4 Å². The van der Waals surface area contributed by atoms with Gasteiger partial charge in [-0.1, -0.05) is 20.8 Å². The number of amides is 1. The number of nitrogens with zero attached hydrogens (tertiary/aromatic N) is 2. The summed E-state index contributed by atoms with van der Waals surface area (Å²) in [5.74, 6) is 0.686. The van der Waals surface area contributed by atoms with E-state index in [1.807, 2.05) is 6.92 Å². The largest absolute Gasteiger partial charge is 0.380 e. The first-order valence-electron chi connectivity index (χ1n) is 7.53. The molecular weight excluding hydrogens is 268 g/mol. The number of hydrogen-bond donors (Lipinski definition) is 2. The molecule has 1 heterocycles.